The fourth-order valence-electron chi connectivity index (χ4n) is 1.91. The van der Waals surface area contributed by atoms with Crippen LogP contribution in [0.3, 0.4) is 0 Å². The first-order valence-corrected chi connectivity index (χ1v) is 6.53. The second kappa shape index (κ2) is 4.93. The van der Waals surface area contributed by atoms with Gasteiger partial charge in [0.15, 0.2) is 0 Å². The van der Waals surface area contributed by atoms with Crippen molar-refractivity contribution >= 4 is 27.4 Å². The zero-order valence-electron chi connectivity index (χ0n) is 9.86. The largest absolute Gasteiger partial charge is 0.365 e. The number of hydrogen-bond acceptors (Lipinski definition) is 3. The van der Waals surface area contributed by atoms with Crippen LogP contribution in [0, 0.1) is 11.6 Å². The van der Waals surface area contributed by atoms with Crippen LogP contribution in [0.5, 0.6) is 0 Å². The first kappa shape index (κ1) is 12.0. The highest BCUT2D eigenvalue weighted by Crippen LogP contribution is 2.26. The number of hydrogen-bond donors (Lipinski definition) is 1. The maximum atomic E-state index is 13.1. The van der Waals surface area contributed by atoms with Crippen molar-refractivity contribution in [3.63, 3.8) is 0 Å². The second-order valence-corrected chi connectivity index (χ2v) is 4.96. The standard InChI is InChI=1S/C14H10F2N2S/c15-10-5-9(6-11(16)7-10)8-17-14-12-3-1-2-4-13(12)19-18-14/h1-7H,8H2,(H,17,18). The highest BCUT2D eigenvalue weighted by Gasteiger charge is 2.06. The lowest BCUT2D eigenvalue weighted by Gasteiger charge is -2.04. The van der Waals surface area contributed by atoms with Crippen molar-refractivity contribution in [2.75, 3.05) is 5.32 Å². The predicted molar refractivity (Wildman–Crippen MR) is 73.3 cm³/mol. The molecule has 19 heavy (non-hydrogen) atoms. The van der Waals surface area contributed by atoms with E-state index < -0.39 is 11.6 Å². The number of benzene rings is 2. The molecule has 0 spiro atoms. The van der Waals surface area contributed by atoms with Gasteiger partial charge >= 0.3 is 0 Å². The summed E-state index contributed by atoms with van der Waals surface area (Å²) in [5.41, 5.74) is 0.551. The zero-order valence-corrected chi connectivity index (χ0v) is 10.7. The highest BCUT2D eigenvalue weighted by molar-refractivity contribution is 7.13. The molecule has 0 aliphatic carbocycles. The summed E-state index contributed by atoms with van der Waals surface area (Å²) in [7, 11) is 0. The van der Waals surface area contributed by atoms with Crippen LogP contribution in [0.15, 0.2) is 42.5 Å². The molecular formula is C14H10F2N2S. The summed E-state index contributed by atoms with van der Waals surface area (Å²) in [5, 5.41) is 4.12. The summed E-state index contributed by atoms with van der Waals surface area (Å²) in [6.45, 7) is 0.336. The molecule has 0 atom stereocenters. The Kier molecular flexibility index (Phi) is 3.13. The van der Waals surface area contributed by atoms with Crippen molar-refractivity contribution in [1.29, 1.82) is 0 Å². The molecule has 1 N–H and O–H groups in total. The molecule has 0 aliphatic heterocycles. The van der Waals surface area contributed by atoms with E-state index in [1.165, 1.54) is 23.7 Å². The van der Waals surface area contributed by atoms with E-state index in [0.717, 1.165) is 22.0 Å². The Hall–Kier alpha value is -2.01. The van der Waals surface area contributed by atoms with E-state index in [-0.39, 0.29) is 0 Å². The highest BCUT2D eigenvalue weighted by atomic mass is 32.1. The van der Waals surface area contributed by atoms with Gasteiger partial charge in [-0.05, 0) is 41.4 Å². The first-order chi connectivity index (χ1) is 9.22. The molecule has 2 aromatic carbocycles. The van der Waals surface area contributed by atoms with Crippen LogP contribution in [0.2, 0.25) is 0 Å². The average Bonchev–Trinajstić information content (AvgIpc) is 2.78. The summed E-state index contributed by atoms with van der Waals surface area (Å²) >= 11 is 1.39. The molecule has 96 valence electrons. The van der Waals surface area contributed by atoms with Gasteiger partial charge in [-0.2, -0.15) is 4.37 Å². The maximum absolute atomic E-state index is 13.1. The first-order valence-electron chi connectivity index (χ1n) is 5.75. The summed E-state index contributed by atoms with van der Waals surface area (Å²) in [6.07, 6.45) is 0. The number of nitrogens with zero attached hydrogens (tertiary/aromatic N) is 1. The molecule has 0 fully saturated rings. The summed E-state index contributed by atoms with van der Waals surface area (Å²) in [4.78, 5) is 0. The Bertz CT molecular complexity index is 704. The Morgan fingerprint density at radius 3 is 2.58 bits per heavy atom. The molecule has 2 nitrogen and oxygen atoms in total. The van der Waals surface area contributed by atoms with Crippen molar-refractivity contribution in [1.82, 2.24) is 4.37 Å². The Morgan fingerprint density at radius 1 is 1.05 bits per heavy atom. The molecule has 5 heteroatoms. The number of nitrogens with one attached hydrogen (secondary N) is 1. The minimum Gasteiger partial charge on any atom is -0.365 e. The quantitative estimate of drug-likeness (QED) is 0.776. The fraction of sp³-hybridized carbons (Fsp3) is 0.0714. The van der Waals surface area contributed by atoms with Crippen LogP contribution in [0.1, 0.15) is 5.56 Å². The SMILES string of the molecule is Fc1cc(F)cc(CNc2nsc3ccccc23)c1. The maximum Gasteiger partial charge on any atom is 0.147 e. The molecule has 0 saturated heterocycles. The van der Waals surface area contributed by atoms with Gasteiger partial charge in [0.25, 0.3) is 0 Å². The lowest BCUT2D eigenvalue weighted by Crippen LogP contribution is -2.00. The van der Waals surface area contributed by atoms with Crippen molar-refractivity contribution in [2.24, 2.45) is 0 Å². The summed E-state index contributed by atoms with van der Waals surface area (Å²) in [6, 6.07) is 11.3. The van der Waals surface area contributed by atoms with E-state index in [1.54, 1.807) is 0 Å². The topological polar surface area (TPSA) is 24.9 Å². The molecule has 0 radical (unpaired) electrons. The number of aromatic nitrogens is 1. The molecule has 0 bridgehead atoms. The molecule has 0 saturated carbocycles. The van der Waals surface area contributed by atoms with Crippen LogP contribution < -0.4 is 5.32 Å². The van der Waals surface area contributed by atoms with Crippen LogP contribution in [-0.4, -0.2) is 4.37 Å². The van der Waals surface area contributed by atoms with E-state index in [4.69, 9.17) is 0 Å². The predicted octanol–water partition coefficient (Wildman–Crippen LogP) is 4.19. The Balaban J connectivity index is 1.82. The number of rotatable bonds is 3. The summed E-state index contributed by atoms with van der Waals surface area (Å²) < 4.78 is 31.5. The summed E-state index contributed by atoms with van der Waals surface area (Å²) in [5.74, 6) is -0.398. The Labute approximate surface area is 112 Å². The third-order valence-electron chi connectivity index (χ3n) is 2.76. The van der Waals surface area contributed by atoms with Crippen LogP contribution in [0.4, 0.5) is 14.6 Å². The Morgan fingerprint density at radius 2 is 1.79 bits per heavy atom. The average molecular weight is 276 g/mol. The molecule has 1 aromatic heterocycles. The van der Waals surface area contributed by atoms with E-state index in [2.05, 4.69) is 9.69 Å². The van der Waals surface area contributed by atoms with Gasteiger partial charge in [0, 0.05) is 18.0 Å². The zero-order chi connectivity index (χ0) is 13.2. The molecule has 1 heterocycles. The lowest BCUT2D eigenvalue weighted by molar-refractivity contribution is 0.580. The van der Waals surface area contributed by atoms with Crippen molar-refractivity contribution in [3.05, 3.63) is 59.7 Å². The number of halogens is 2. The van der Waals surface area contributed by atoms with Crippen molar-refractivity contribution in [3.8, 4) is 0 Å². The molecular weight excluding hydrogens is 266 g/mol. The van der Waals surface area contributed by atoms with E-state index in [9.17, 15) is 8.78 Å². The van der Waals surface area contributed by atoms with E-state index in [0.29, 0.717) is 12.1 Å². The van der Waals surface area contributed by atoms with Crippen LogP contribution in [0.25, 0.3) is 10.1 Å². The minimum atomic E-state index is -0.570. The molecule has 0 amide bonds. The molecule has 0 unspecified atom stereocenters. The van der Waals surface area contributed by atoms with Gasteiger partial charge < -0.3 is 5.32 Å². The molecule has 3 aromatic rings. The monoisotopic (exact) mass is 276 g/mol. The normalized spacial score (nSPS) is 10.8. The van der Waals surface area contributed by atoms with Gasteiger partial charge in [-0.25, -0.2) is 8.78 Å². The van der Waals surface area contributed by atoms with E-state index >= 15 is 0 Å². The smallest absolute Gasteiger partial charge is 0.147 e. The third kappa shape index (κ3) is 2.56. The van der Waals surface area contributed by atoms with Gasteiger partial charge in [-0.3, -0.25) is 0 Å². The molecule has 0 aliphatic rings. The van der Waals surface area contributed by atoms with Gasteiger partial charge in [-0.15, -0.1) is 0 Å². The van der Waals surface area contributed by atoms with Crippen LogP contribution >= 0.6 is 11.5 Å². The number of fused-ring (bicyclic) bond motifs is 1. The lowest BCUT2D eigenvalue weighted by atomic mass is 10.2. The second-order valence-electron chi connectivity index (χ2n) is 4.16. The fourth-order valence-corrected chi connectivity index (χ4v) is 2.67. The number of anilines is 1. The third-order valence-corrected chi connectivity index (χ3v) is 3.59. The minimum absolute atomic E-state index is 0.336. The van der Waals surface area contributed by atoms with E-state index in [1.807, 2.05) is 24.3 Å². The van der Waals surface area contributed by atoms with Gasteiger partial charge in [0.2, 0.25) is 0 Å². The molecule has 3 rings (SSSR count). The van der Waals surface area contributed by atoms with Crippen molar-refractivity contribution in [2.45, 2.75) is 6.54 Å². The van der Waals surface area contributed by atoms with Gasteiger partial charge in [-0.1, -0.05) is 12.1 Å². The van der Waals surface area contributed by atoms with Gasteiger partial charge in [0.1, 0.15) is 17.5 Å². The van der Waals surface area contributed by atoms with Crippen LogP contribution in [-0.2, 0) is 6.54 Å². The van der Waals surface area contributed by atoms with Crippen molar-refractivity contribution < 1.29 is 8.78 Å². The van der Waals surface area contributed by atoms with Gasteiger partial charge in [0.05, 0.1) is 4.70 Å².